The molecule has 20 heavy (non-hydrogen) atoms. The fourth-order valence-electron chi connectivity index (χ4n) is 1.80. The van der Waals surface area contributed by atoms with E-state index in [4.69, 9.17) is 4.74 Å². The number of aromatic nitrogens is 2. The van der Waals surface area contributed by atoms with Gasteiger partial charge in [0.25, 0.3) is 5.91 Å². The molecule has 1 aromatic carbocycles. The van der Waals surface area contributed by atoms with Gasteiger partial charge in [-0.2, -0.15) is 5.10 Å². The summed E-state index contributed by atoms with van der Waals surface area (Å²) in [6.07, 6.45) is 0. The van der Waals surface area contributed by atoms with Gasteiger partial charge in [-0.3, -0.25) is 9.89 Å². The number of ether oxygens (including phenoxy) is 1. The first-order valence-electron chi connectivity index (χ1n) is 6.21. The van der Waals surface area contributed by atoms with E-state index in [1.165, 1.54) is 12.1 Å². The summed E-state index contributed by atoms with van der Waals surface area (Å²) in [6, 6.07) is 7.46. The van der Waals surface area contributed by atoms with Crippen LogP contribution in [0.15, 0.2) is 30.3 Å². The van der Waals surface area contributed by atoms with Crippen LogP contribution in [0.25, 0.3) is 11.3 Å². The molecule has 1 amide bonds. The van der Waals surface area contributed by atoms with E-state index < -0.39 is 0 Å². The van der Waals surface area contributed by atoms with Gasteiger partial charge in [-0.25, -0.2) is 4.39 Å². The molecule has 0 saturated heterocycles. The minimum atomic E-state index is -0.310. The molecule has 0 saturated carbocycles. The molecule has 2 N–H and O–H groups in total. The average molecular weight is 277 g/mol. The van der Waals surface area contributed by atoms with Crippen LogP contribution >= 0.6 is 0 Å². The number of halogens is 1. The van der Waals surface area contributed by atoms with Gasteiger partial charge in [-0.05, 0) is 37.3 Å². The molecule has 1 aromatic heterocycles. The topological polar surface area (TPSA) is 67.0 Å². The van der Waals surface area contributed by atoms with E-state index in [2.05, 4.69) is 15.5 Å². The summed E-state index contributed by atoms with van der Waals surface area (Å²) in [5, 5.41) is 9.50. The molecule has 5 nitrogen and oxygen atoms in total. The summed E-state index contributed by atoms with van der Waals surface area (Å²) in [5.41, 5.74) is 1.69. The van der Waals surface area contributed by atoms with Crippen LogP contribution in [0, 0.1) is 5.82 Å². The van der Waals surface area contributed by atoms with Gasteiger partial charge in [0, 0.05) is 18.7 Å². The van der Waals surface area contributed by atoms with Crippen molar-refractivity contribution in [2.24, 2.45) is 0 Å². The van der Waals surface area contributed by atoms with E-state index >= 15 is 0 Å². The largest absolute Gasteiger partial charge is 0.383 e. The summed E-state index contributed by atoms with van der Waals surface area (Å²) < 4.78 is 17.8. The Morgan fingerprint density at radius 3 is 2.80 bits per heavy atom. The van der Waals surface area contributed by atoms with Crippen LogP contribution in [0.2, 0.25) is 0 Å². The van der Waals surface area contributed by atoms with Gasteiger partial charge in [0.05, 0.1) is 12.3 Å². The molecule has 0 aliphatic rings. The Bertz CT molecular complexity index is 580. The number of nitrogens with one attached hydrogen (secondary N) is 2. The first kappa shape index (κ1) is 14.2. The highest BCUT2D eigenvalue weighted by atomic mass is 19.1. The minimum absolute atomic E-state index is 0.0925. The van der Waals surface area contributed by atoms with Crippen molar-refractivity contribution < 1.29 is 13.9 Å². The van der Waals surface area contributed by atoms with Crippen LogP contribution in [-0.4, -0.2) is 35.9 Å². The number of H-pyrrole nitrogens is 1. The van der Waals surface area contributed by atoms with Gasteiger partial charge < -0.3 is 10.1 Å². The molecule has 0 fully saturated rings. The number of nitrogens with zero attached hydrogens (tertiary/aromatic N) is 1. The lowest BCUT2D eigenvalue weighted by molar-refractivity contribution is 0.0900. The standard InChI is InChI=1S/C14H16FN3O2/c1-9(8-20-2)16-14(19)13-7-12(17-18-13)10-3-5-11(15)6-4-10/h3-7,9H,8H2,1-2H3,(H,16,19)(H,17,18)/t9-/m1/s1. The van der Waals surface area contributed by atoms with Gasteiger partial charge in [-0.1, -0.05) is 0 Å². The smallest absolute Gasteiger partial charge is 0.269 e. The molecular formula is C14H16FN3O2. The highest BCUT2D eigenvalue weighted by Gasteiger charge is 2.13. The van der Waals surface area contributed by atoms with Gasteiger partial charge in [-0.15, -0.1) is 0 Å². The molecule has 106 valence electrons. The zero-order valence-electron chi connectivity index (χ0n) is 11.3. The maximum Gasteiger partial charge on any atom is 0.269 e. The normalized spacial score (nSPS) is 12.2. The molecule has 0 unspecified atom stereocenters. The van der Waals surface area contributed by atoms with E-state index in [0.29, 0.717) is 18.0 Å². The number of aromatic amines is 1. The SMILES string of the molecule is COC[C@@H](C)NC(=O)c1cc(-c2ccc(F)cc2)n[nH]1. The number of carbonyl (C=O) groups excluding carboxylic acids is 1. The summed E-state index contributed by atoms with van der Waals surface area (Å²) in [7, 11) is 1.57. The average Bonchev–Trinajstić information content (AvgIpc) is 2.89. The van der Waals surface area contributed by atoms with Crippen molar-refractivity contribution >= 4 is 5.91 Å². The molecule has 0 aliphatic carbocycles. The first-order valence-corrected chi connectivity index (χ1v) is 6.21. The first-order chi connectivity index (χ1) is 9.60. The fraction of sp³-hybridized carbons (Fsp3) is 0.286. The molecule has 6 heteroatoms. The Morgan fingerprint density at radius 2 is 2.15 bits per heavy atom. The maximum absolute atomic E-state index is 12.8. The number of hydrogen-bond acceptors (Lipinski definition) is 3. The fourth-order valence-corrected chi connectivity index (χ4v) is 1.80. The summed E-state index contributed by atoms with van der Waals surface area (Å²) in [6.45, 7) is 2.28. The molecule has 2 rings (SSSR count). The van der Waals surface area contributed by atoms with Crippen molar-refractivity contribution in [1.82, 2.24) is 15.5 Å². The Morgan fingerprint density at radius 1 is 1.45 bits per heavy atom. The van der Waals surface area contributed by atoms with Crippen LogP contribution in [0.4, 0.5) is 4.39 Å². The van der Waals surface area contributed by atoms with E-state index in [-0.39, 0.29) is 17.8 Å². The number of rotatable bonds is 5. The van der Waals surface area contributed by atoms with Gasteiger partial charge in [0.15, 0.2) is 0 Å². The van der Waals surface area contributed by atoms with Gasteiger partial charge in [0.1, 0.15) is 11.5 Å². The molecule has 0 radical (unpaired) electrons. The van der Waals surface area contributed by atoms with Crippen LogP contribution < -0.4 is 5.32 Å². The molecule has 1 heterocycles. The van der Waals surface area contributed by atoms with Crippen LogP contribution in [0.3, 0.4) is 0 Å². The Hall–Kier alpha value is -2.21. The molecule has 1 atom stereocenters. The van der Waals surface area contributed by atoms with Crippen molar-refractivity contribution in [2.75, 3.05) is 13.7 Å². The summed E-state index contributed by atoms with van der Waals surface area (Å²) in [5.74, 6) is -0.564. The van der Waals surface area contributed by atoms with E-state index in [9.17, 15) is 9.18 Å². The molecular weight excluding hydrogens is 261 g/mol. The van der Waals surface area contributed by atoms with Crippen molar-refractivity contribution in [1.29, 1.82) is 0 Å². The third-order valence-electron chi connectivity index (χ3n) is 2.76. The maximum atomic E-state index is 12.8. The third-order valence-corrected chi connectivity index (χ3v) is 2.76. The second kappa shape index (κ2) is 6.29. The summed E-state index contributed by atoms with van der Waals surface area (Å²) >= 11 is 0. The lowest BCUT2D eigenvalue weighted by Crippen LogP contribution is -2.35. The quantitative estimate of drug-likeness (QED) is 0.878. The van der Waals surface area contributed by atoms with Crippen molar-refractivity contribution in [3.63, 3.8) is 0 Å². The monoisotopic (exact) mass is 277 g/mol. The van der Waals surface area contributed by atoms with Crippen molar-refractivity contribution in [2.45, 2.75) is 13.0 Å². The molecule has 0 spiro atoms. The Balaban J connectivity index is 2.08. The molecule has 2 aromatic rings. The Kier molecular flexibility index (Phi) is 4.47. The van der Waals surface area contributed by atoms with Gasteiger partial charge in [0.2, 0.25) is 0 Å². The Labute approximate surface area is 116 Å². The zero-order valence-corrected chi connectivity index (χ0v) is 11.3. The highest BCUT2D eigenvalue weighted by molar-refractivity contribution is 5.93. The van der Waals surface area contributed by atoms with E-state index in [1.54, 1.807) is 25.3 Å². The molecule has 0 bridgehead atoms. The van der Waals surface area contributed by atoms with Gasteiger partial charge >= 0.3 is 0 Å². The van der Waals surface area contributed by atoms with Crippen molar-refractivity contribution in [3.8, 4) is 11.3 Å². The zero-order chi connectivity index (χ0) is 14.5. The lowest BCUT2D eigenvalue weighted by Gasteiger charge is -2.11. The minimum Gasteiger partial charge on any atom is -0.383 e. The molecule has 0 aliphatic heterocycles. The number of amides is 1. The second-order valence-electron chi connectivity index (χ2n) is 4.50. The number of benzene rings is 1. The van der Waals surface area contributed by atoms with E-state index in [1.807, 2.05) is 6.92 Å². The van der Waals surface area contributed by atoms with Crippen LogP contribution in [0.1, 0.15) is 17.4 Å². The van der Waals surface area contributed by atoms with Crippen LogP contribution in [-0.2, 0) is 4.74 Å². The number of carbonyl (C=O) groups is 1. The van der Waals surface area contributed by atoms with E-state index in [0.717, 1.165) is 5.56 Å². The lowest BCUT2D eigenvalue weighted by atomic mass is 10.1. The highest BCUT2D eigenvalue weighted by Crippen LogP contribution is 2.17. The predicted molar refractivity (Wildman–Crippen MR) is 72.8 cm³/mol. The number of hydrogen-bond donors (Lipinski definition) is 2. The predicted octanol–water partition coefficient (Wildman–Crippen LogP) is 1.98. The number of methoxy groups -OCH3 is 1. The van der Waals surface area contributed by atoms with Crippen LogP contribution in [0.5, 0.6) is 0 Å². The second-order valence-corrected chi connectivity index (χ2v) is 4.50. The van der Waals surface area contributed by atoms with Crippen molar-refractivity contribution in [3.05, 3.63) is 41.8 Å². The summed E-state index contributed by atoms with van der Waals surface area (Å²) in [4.78, 5) is 11.9. The third kappa shape index (κ3) is 3.42.